The number of aliphatic imine (C=N–C) groups is 2. The first kappa shape index (κ1) is 22.2. The third kappa shape index (κ3) is 5.48. The minimum absolute atomic E-state index is 0.381. The molecule has 2 rings (SSSR count). The molecule has 0 saturated heterocycles. The summed E-state index contributed by atoms with van der Waals surface area (Å²) in [4.78, 5) is 20.6. The summed E-state index contributed by atoms with van der Waals surface area (Å²) in [5, 5.41) is 12.0. The molecule has 1 aliphatic heterocycles. The van der Waals surface area contributed by atoms with E-state index in [-0.39, 0.29) is 0 Å². The van der Waals surface area contributed by atoms with E-state index >= 15 is 0 Å². The zero-order valence-corrected chi connectivity index (χ0v) is 17.2. The number of allylic oxidation sites excluding steroid dienone is 2. The number of nitrogens with zero attached hydrogens (tertiary/aromatic N) is 4. The standard InChI is InChI=1S/C21H22N6O3/c1-5-30-21-17(10-16-7-6-15(11-22)9-18(16)29-4)20(13(2)12-24-21)25-14(3)8-19(28)26-27-23/h6-10,12H,5H2,1-4H3,(H2,23,26,28)/b14-8+,17-10-,25-20-. The molecule has 0 spiro atoms. The third-order valence-electron chi connectivity index (χ3n) is 3.97. The van der Waals surface area contributed by atoms with E-state index in [0.717, 1.165) is 5.57 Å². The van der Waals surface area contributed by atoms with Gasteiger partial charge in [0.25, 0.3) is 5.91 Å². The minimum atomic E-state index is -0.553. The van der Waals surface area contributed by atoms with Crippen LogP contribution in [-0.4, -0.2) is 31.2 Å². The molecule has 0 fully saturated rings. The summed E-state index contributed by atoms with van der Waals surface area (Å²) >= 11 is 0. The topological polar surface area (TPSA) is 132 Å². The number of carbonyl (C=O) groups is 1. The molecule has 0 aliphatic carbocycles. The van der Waals surface area contributed by atoms with E-state index in [2.05, 4.69) is 21.3 Å². The molecule has 154 valence electrons. The van der Waals surface area contributed by atoms with Gasteiger partial charge in [0.2, 0.25) is 5.90 Å². The predicted molar refractivity (Wildman–Crippen MR) is 113 cm³/mol. The largest absolute Gasteiger partial charge is 0.496 e. The molecule has 0 aromatic heterocycles. The molecule has 2 N–H and O–H groups in total. The van der Waals surface area contributed by atoms with Gasteiger partial charge in [-0.1, -0.05) is 5.22 Å². The summed E-state index contributed by atoms with van der Waals surface area (Å²) in [5.41, 5.74) is 12.3. The van der Waals surface area contributed by atoms with Gasteiger partial charge < -0.3 is 9.47 Å². The Morgan fingerprint density at radius 3 is 2.83 bits per heavy atom. The molecule has 9 nitrogen and oxygen atoms in total. The molecule has 1 aliphatic rings. The van der Waals surface area contributed by atoms with Crippen LogP contribution in [-0.2, 0) is 9.53 Å². The highest BCUT2D eigenvalue weighted by molar-refractivity contribution is 6.32. The highest BCUT2D eigenvalue weighted by Crippen LogP contribution is 2.27. The Morgan fingerprint density at radius 1 is 1.43 bits per heavy atom. The fourth-order valence-electron chi connectivity index (χ4n) is 2.67. The minimum Gasteiger partial charge on any atom is -0.496 e. The van der Waals surface area contributed by atoms with Crippen LogP contribution >= 0.6 is 0 Å². The summed E-state index contributed by atoms with van der Waals surface area (Å²) in [7, 11) is 1.53. The number of benzene rings is 1. The fourth-order valence-corrected chi connectivity index (χ4v) is 2.67. The van der Waals surface area contributed by atoms with Gasteiger partial charge in [-0.25, -0.2) is 10.4 Å². The van der Waals surface area contributed by atoms with Gasteiger partial charge >= 0.3 is 0 Å². The molecule has 0 saturated carbocycles. The smallest absolute Gasteiger partial charge is 0.267 e. The van der Waals surface area contributed by atoms with Gasteiger partial charge in [-0.3, -0.25) is 9.79 Å². The third-order valence-corrected chi connectivity index (χ3v) is 3.97. The molecule has 0 atom stereocenters. The molecule has 1 amide bonds. The maximum Gasteiger partial charge on any atom is 0.267 e. The highest BCUT2D eigenvalue weighted by Gasteiger charge is 2.22. The fraction of sp³-hybridized carbons (Fsp3) is 0.238. The Balaban J connectivity index is 2.62. The van der Waals surface area contributed by atoms with E-state index in [4.69, 9.17) is 20.3 Å². The Morgan fingerprint density at radius 2 is 2.20 bits per heavy atom. The van der Waals surface area contributed by atoms with Crippen molar-refractivity contribution in [2.45, 2.75) is 20.8 Å². The van der Waals surface area contributed by atoms with Crippen LogP contribution in [0.25, 0.3) is 6.08 Å². The monoisotopic (exact) mass is 406 g/mol. The lowest BCUT2D eigenvalue weighted by molar-refractivity contribution is -0.116. The first-order valence-corrected chi connectivity index (χ1v) is 9.05. The zero-order chi connectivity index (χ0) is 22.1. The lowest BCUT2D eigenvalue weighted by Gasteiger charge is -2.18. The van der Waals surface area contributed by atoms with Crippen molar-refractivity contribution in [2.75, 3.05) is 13.7 Å². The first-order chi connectivity index (χ1) is 14.4. The van der Waals surface area contributed by atoms with Crippen molar-refractivity contribution in [3.63, 3.8) is 0 Å². The number of nitriles is 1. The van der Waals surface area contributed by atoms with Gasteiger partial charge in [-0.05, 0) is 50.6 Å². The number of ether oxygens (including phenoxy) is 2. The number of hydrogen-bond donors (Lipinski definition) is 2. The van der Waals surface area contributed by atoms with Crippen LogP contribution in [0.1, 0.15) is 31.9 Å². The van der Waals surface area contributed by atoms with Gasteiger partial charge in [-0.15, -0.1) is 0 Å². The summed E-state index contributed by atoms with van der Waals surface area (Å²) in [5.74, 6) is 0.349. The predicted octanol–water partition coefficient (Wildman–Crippen LogP) is 3.71. The molecule has 1 aromatic rings. The quantitative estimate of drug-likeness (QED) is 0.423. The lowest BCUT2D eigenvalue weighted by Crippen LogP contribution is -2.21. The number of amides is 1. The number of carbonyl (C=O) groups excluding carboxylic acids is 1. The van der Waals surface area contributed by atoms with E-state index < -0.39 is 5.91 Å². The van der Waals surface area contributed by atoms with Crippen molar-refractivity contribution in [3.8, 4) is 11.8 Å². The van der Waals surface area contributed by atoms with Crippen LogP contribution in [0.3, 0.4) is 0 Å². The summed E-state index contributed by atoms with van der Waals surface area (Å²) < 4.78 is 11.1. The number of nitrogens with one attached hydrogen (secondary N) is 2. The zero-order valence-electron chi connectivity index (χ0n) is 17.2. The number of rotatable bonds is 6. The van der Waals surface area contributed by atoms with Crippen LogP contribution in [0.4, 0.5) is 0 Å². The van der Waals surface area contributed by atoms with Crippen molar-refractivity contribution in [3.05, 3.63) is 58.4 Å². The molecule has 0 bridgehead atoms. The molecule has 1 aromatic carbocycles. The van der Waals surface area contributed by atoms with Crippen molar-refractivity contribution >= 4 is 23.6 Å². The average molecular weight is 406 g/mol. The van der Waals surface area contributed by atoms with Crippen LogP contribution in [0.5, 0.6) is 5.75 Å². The van der Waals surface area contributed by atoms with Gasteiger partial charge in [0.15, 0.2) is 0 Å². The van der Waals surface area contributed by atoms with Crippen molar-refractivity contribution < 1.29 is 14.3 Å². The van der Waals surface area contributed by atoms with Crippen LogP contribution in [0, 0.1) is 16.9 Å². The first-order valence-electron chi connectivity index (χ1n) is 9.05. The van der Waals surface area contributed by atoms with Gasteiger partial charge in [0.1, 0.15) is 5.75 Å². The second kappa shape index (κ2) is 10.5. The van der Waals surface area contributed by atoms with Gasteiger partial charge in [-0.2, -0.15) is 10.8 Å². The van der Waals surface area contributed by atoms with E-state index in [9.17, 15) is 4.79 Å². The van der Waals surface area contributed by atoms with Crippen molar-refractivity contribution in [1.29, 1.82) is 10.8 Å². The highest BCUT2D eigenvalue weighted by atomic mass is 16.5. The second-order valence-electron chi connectivity index (χ2n) is 6.14. The van der Waals surface area contributed by atoms with Crippen LogP contribution in [0.15, 0.2) is 62.5 Å². The summed E-state index contributed by atoms with van der Waals surface area (Å²) in [6.07, 6.45) is 4.70. The number of hydrogen-bond acceptors (Lipinski definition) is 8. The molecule has 0 radical (unpaired) electrons. The Hall–Kier alpha value is -4.06. The Labute approximate surface area is 174 Å². The molecular weight excluding hydrogens is 384 g/mol. The molecule has 1 heterocycles. The van der Waals surface area contributed by atoms with E-state index in [1.54, 1.807) is 31.3 Å². The normalized spacial score (nSPS) is 16.4. The van der Waals surface area contributed by atoms with Gasteiger partial charge in [0.05, 0.1) is 36.6 Å². The lowest BCUT2D eigenvalue weighted by atomic mass is 9.98. The van der Waals surface area contributed by atoms with Crippen LogP contribution < -0.4 is 10.2 Å². The maximum atomic E-state index is 11.7. The summed E-state index contributed by atoms with van der Waals surface area (Å²) in [6.45, 7) is 5.77. The van der Waals surface area contributed by atoms with Crippen molar-refractivity contribution in [2.24, 2.45) is 15.2 Å². The van der Waals surface area contributed by atoms with Crippen LogP contribution in [0.2, 0.25) is 0 Å². The number of methoxy groups -OCH3 is 1. The van der Waals surface area contributed by atoms with Crippen molar-refractivity contribution in [1.82, 2.24) is 5.43 Å². The molecule has 0 unspecified atom stereocenters. The second-order valence-corrected chi connectivity index (χ2v) is 6.14. The molecule has 9 heteroatoms. The summed E-state index contributed by atoms with van der Waals surface area (Å²) in [6, 6.07) is 7.19. The van der Waals surface area contributed by atoms with E-state index in [1.165, 1.54) is 13.2 Å². The Bertz CT molecular complexity index is 1040. The molecule has 30 heavy (non-hydrogen) atoms. The van der Waals surface area contributed by atoms with E-state index in [1.807, 2.05) is 25.3 Å². The van der Waals surface area contributed by atoms with E-state index in [0.29, 0.717) is 46.4 Å². The van der Waals surface area contributed by atoms with Gasteiger partial charge in [0, 0.05) is 23.5 Å². The SMILES string of the molecule is CCOC1=NC=C(C)C(=N/C(C)=C/C(=O)NN=N)/C1=C/c1ccc(C#N)cc1OC. The average Bonchev–Trinajstić information content (AvgIpc) is 2.72. The Kier molecular flexibility index (Phi) is 7.76. The molecular formula is C21H22N6O3. The maximum absolute atomic E-state index is 11.7.